The van der Waals surface area contributed by atoms with E-state index in [1.807, 2.05) is 6.07 Å². The van der Waals surface area contributed by atoms with Crippen molar-refractivity contribution < 1.29 is 14.3 Å². The number of carbonyl (C=O) groups is 1. The minimum Gasteiger partial charge on any atom is -0.391 e. The second kappa shape index (κ2) is 6.57. The van der Waals surface area contributed by atoms with Gasteiger partial charge in [-0.05, 0) is 50.3 Å². The zero-order chi connectivity index (χ0) is 17.6. The molecular formula is C19H26FN3O2. The first-order chi connectivity index (χ1) is 12.0. The summed E-state index contributed by atoms with van der Waals surface area (Å²) in [5, 5.41) is 13.2. The van der Waals surface area contributed by atoms with Gasteiger partial charge in [-0.25, -0.2) is 9.18 Å². The zero-order valence-corrected chi connectivity index (χ0v) is 14.6. The second-order valence-electron chi connectivity index (χ2n) is 7.77. The number of rotatable bonds is 3. The summed E-state index contributed by atoms with van der Waals surface area (Å²) in [6.45, 7) is 3.42. The lowest BCUT2D eigenvalue weighted by atomic mass is 10.0. The fourth-order valence-corrected chi connectivity index (χ4v) is 4.40. The van der Waals surface area contributed by atoms with E-state index in [-0.39, 0.29) is 23.9 Å². The van der Waals surface area contributed by atoms with Crippen LogP contribution in [0.15, 0.2) is 24.3 Å². The van der Waals surface area contributed by atoms with Crippen LogP contribution in [0.4, 0.5) is 9.18 Å². The summed E-state index contributed by atoms with van der Waals surface area (Å²) in [5.41, 5.74) is 0.742. The van der Waals surface area contributed by atoms with Crippen molar-refractivity contribution in [1.82, 2.24) is 15.1 Å². The highest BCUT2D eigenvalue weighted by atomic mass is 19.1. The molecule has 0 spiro atoms. The van der Waals surface area contributed by atoms with Gasteiger partial charge in [0.2, 0.25) is 0 Å². The van der Waals surface area contributed by atoms with Crippen LogP contribution in [0.1, 0.15) is 44.2 Å². The number of aliphatic hydroxyl groups excluding tert-OH is 1. The van der Waals surface area contributed by atoms with E-state index in [1.54, 1.807) is 11.0 Å². The van der Waals surface area contributed by atoms with Gasteiger partial charge in [-0.1, -0.05) is 12.1 Å². The summed E-state index contributed by atoms with van der Waals surface area (Å²) >= 11 is 0. The number of urea groups is 1. The lowest BCUT2D eigenvalue weighted by Gasteiger charge is -2.27. The van der Waals surface area contributed by atoms with Crippen molar-refractivity contribution in [1.29, 1.82) is 0 Å². The molecule has 2 saturated heterocycles. The Labute approximate surface area is 147 Å². The molecule has 1 aliphatic carbocycles. The fourth-order valence-electron chi connectivity index (χ4n) is 4.40. The van der Waals surface area contributed by atoms with Crippen molar-refractivity contribution in [2.24, 2.45) is 0 Å². The minimum absolute atomic E-state index is 0.147. The molecule has 0 aromatic heterocycles. The number of nitrogens with one attached hydrogen (secondary N) is 1. The fraction of sp³-hybridized carbons (Fsp3) is 0.632. The first kappa shape index (κ1) is 16.8. The predicted molar refractivity (Wildman–Crippen MR) is 92.6 cm³/mol. The van der Waals surface area contributed by atoms with E-state index in [9.17, 15) is 14.3 Å². The second-order valence-corrected chi connectivity index (χ2v) is 7.77. The first-order valence-corrected chi connectivity index (χ1v) is 9.27. The van der Waals surface area contributed by atoms with E-state index in [4.69, 9.17) is 0 Å². The Morgan fingerprint density at radius 3 is 2.80 bits per heavy atom. The maximum Gasteiger partial charge on any atom is 0.318 e. The SMILES string of the molecule is C[C@@H]1C[C@H](NC(=O)N2C[C@@H](O)C[C@@H]2c2cccc(F)c2)CN1C1CC1. The van der Waals surface area contributed by atoms with Crippen LogP contribution >= 0.6 is 0 Å². The minimum atomic E-state index is -0.565. The predicted octanol–water partition coefficient (Wildman–Crippen LogP) is 2.27. The Kier molecular flexibility index (Phi) is 4.41. The highest BCUT2D eigenvalue weighted by molar-refractivity contribution is 5.75. The van der Waals surface area contributed by atoms with Crippen LogP contribution in [0, 0.1) is 5.82 Å². The van der Waals surface area contributed by atoms with Gasteiger partial charge in [0.1, 0.15) is 5.82 Å². The number of halogens is 1. The normalized spacial score (nSPS) is 33.0. The monoisotopic (exact) mass is 347 g/mol. The van der Waals surface area contributed by atoms with Crippen molar-refractivity contribution in [3.05, 3.63) is 35.6 Å². The molecule has 0 radical (unpaired) electrons. The third-order valence-corrected chi connectivity index (χ3v) is 5.74. The topological polar surface area (TPSA) is 55.8 Å². The van der Waals surface area contributed by atoms with E-state index in [2.05, 4.69) is 17.1 Å². The molecule has 25 heavy (non-hydrogen) atoms. The zero-order valence-electron chi connectivity index (χ0n) is 14.6. The van der Waals surface area contributed by atoms with Gasteiger partial charge >= 0.3 is 6.03 Å². The molecule has 2 amide bonds. The van der Waals surface area contributed by atoms with E-state index in [0.29, 0.717) is 25.0 Å². The molecular weight excluding hydrogens is 321 g/mol. The first-order valence-electron chi connectivity index (χ1n) is 9.27. The van der Waals surface area contributed by atoms with E-state index < -0.39 is 6.10 Å². The van der Waals surface area contributed by atoms with Crippen molar-refractivity contribution in [2.45, 2.75) is 62.9 Å². The number of hydrogen-bond acceptors (Lipinski definition) is 3. The molecule has 3 fully saturated rings. The largest absolute Gasteiger partial charge is 0.391 e. The summed E-state index contributed by atoms with van der Waals surface area (Å²) < 4.78 is 13.6. The smallest absolute Gasteiger partial charge is 0.318 e. The Bertz CT molecular complexity index is 651. The molecule has 2 heterocycles. The molecule has 0 bridgehead atoms. The number of carbonyl (C=O) groups excluding carboxylic acids is 1. The number of aliphatic hydroxyl groups is 1. The molecule has 1 aromatic rings. The third-order valence-electron chi connectivity index (χ3n) is 5.74. The lowest BCUT2D eigenvalue weighted by Crippen LogP contribution is -2.46. The summed E-state index contributed by atoms with van der Waals surface area (Å²) in [5.74, 6) is -0.316. The molecule has 2 N–H and O–H groups in total. The summed E-state index contributed by atoms with van der Waals surface area (Å²) in [6.07, 6.45) is 3.38. The van der Waals surface area contributed by atoms with Gasteiger partial charge in [0.05, 0.1) is 12.1 Å². The Morgan fingerprint density at radius 2 is 2.08 bits per heavy atom. The Morgan fingerprint density at radius 1 is 1.28 bits per heavy atom. The van der Waals surface area contributed by atoms with Gasteiger partial charge in [0.25, 0.3) is 0 Å². The number of nitrogens with zero attached hydrogens (tertiary/aromatic N) is 2. The maximum atomic E-state index is 13.6. The van der Waals surface area contributed by atoms with Gasteiger partial charge < -0.3 is 15.3 Å². The van der Waals surface area contributed by atoms with Crippen molar-refractivity contribution in [2.75, 3.05) is 13.1 Å². The molecule has 136 valence electrons. The van der Waals surface area contributed by atoms with Crippen LogP contribution in [-0.2, 0) is 0 Å². The third kappa shape index (κ3) is 3.51. The molecule has 1 aromatic carbocycles. The average molecular weight is 347 g/mol. The van der Waals surface area contributed by atoms with Gasteiger partial charge in [-0.15, -0.1) is 0 Å². The molecule has 4 atom stereocenters. The quantitative estimate of drug-likeness (QED) is 0.882. The van der Waals surface area contributed by atoms with Gasteiger partial charge in [0.15, 0.2) is 0 Å². The number of β-amino-alcohol motifs (C(OH)–C–C–N with tert-alkyl or cyclic N) is 1. The van der Waals surface area contributed by atoms with Crippen molar-refractivity contribution in [3.63, 3.8) is 0 Å². The van der Waals surface area contributed by atoms with Crippen molar-refractivity contribution >= 4 is 6.03 Å². The summed E-state index contributed by atoms with van der Waals surface area (Å²) in [6, 6.07) is 7.24. The number of likely N-dealkylation sites (tertiary alicyclic amines) is 2. The average Bonchev–Trinajstić information content (AvgIpc) is 3.24. The van der Waals surface area contributed by atoms with Crippen LogP contribution in [0.3, 0.4) is 0 Å². The van der Waals surface area contributed by atoms with Crippen LogP contribution in [0.5, 0.6) is 0 Å². The van der Waals surface area contributed by atoms with E-state index >= 15 is 0 Å². The van der Waals surface area contributed by atoms with Gasteiger partial charge in [0, 0.05) is 31.2 Å². The molecule has 6 heteroatoms. The Balaban J connectivity index is 1.43. The van der Waals surface area contributed by atoms with Crippen LogP contribution in [0.25, 0.3) is 0 Å². The lowest BCUT2D eigenvalue weighted by molar-refractivity contribution is 0.167. The summed E-state index contributed by atoms with van der Waals surface area (Å²) in [7, 11) is 0. The van der Waals surface area contributed by atoms with Crippen LogP contribution in [-0.4, -0.2) is 58.3 Å². The molecule has 1 saturated carbocycles. The number of hydrogen-bond donors (Lipinski definition) is 2. The highest BCUT2D eigenvalue weighted by Crippen LogP contribution is 2.35. The molecule has 4 rings (SSSR count). The maximum absolute atomic E-state index is 13.6. The van der Waals surface area contributed by atoms with Crippen molar-refractivity contribution in [3.8, 4) is 0 Å². The van der Waals surface area contributed by atoms with Gasteiger partial charge in [-0.3, -0.25) is 4.90 Å². The van der Waals surface area contributed by atoms with Crippen LogP contribution in [0.2, 0.25) is 0 Å². The van der Waals surface area contributed by atoms with Gasteiger partial charge in [-0.2, -0.15) is 0 Å². The molecule has 3 aliphatic rings. The standard InChI is InChI=1S/C19H26FN3O2/c1-12-7-15(10-22(12)16-5-6-16)21-19(25)23-11-17(24)9-18(23)13-3-2-4-14(20)8-13/h2-4,8,12,15-18,24H,5-7,9-11H2,1H3,(H,21,25)/t12-,15+,17+,18-/m1/s1. The molecule has 5 nitrogen and oxygen atoms in total. The van der Waals surface area contributed by atoms with E-state index in [1.165, 1.54) is 25.0 Å². The molecule has 2 aliphatic heterocycles. The summed E-state index contributed by atoms with van der Waals surface area (Å²) in [4.78, 5) is 17.0. The molecule has 0 unspecified atom stereocenters. The van der Waals surface area contributed by atoms with E-state index in [0.717, 1.165) is 18.5 Å². The highest BCUT2D eigenvalue weighted by Gasteiger charge is 2.41. The van der Waals surface area contributed by atoms with Crippen LogP contribution < -0.4 is 5.32 Å². The number of benzene rings is 1. The number of amides is 2. The Hall–Kier alpha value is -1.66.